The second kappa shape index (κ2) is 6.98. The number of hydrogen-bond acceptors (Lipinski definition) is 4. The molecule has 0 aliphatic carbocycles. The summed E-state index contributed by atoms with van der Waals surface area (Å²) in [5.41, 5.74) is 1.06. The van der Waals surface area contributed by atoms with Crippen molar-refractivity contribution in [2.24, 2.45) is 5.10 Å². The summed E-state index contributed by atoms with van der Waals surface area (Å²) >= 11 is 0. The van der Waals surface area contributed by atoms with Crippen LogP contribution in [0.1, 0.15) is 23.2 Å². The molecule has 0 saturated carbocycles. The van der Waals surface area contributed by atoms with E-state index in [1.165, 1.54) is 18.2 Å². The number of hydrazone groups is 1. The van der Waals surface area contributed by atoms with Gasteiger partial charge in [0.2, 0.25) is 0 Å². The van der Waals surface area contributed by atoms with Crippen molar-refractivity contribution in [2.45, 2.75) is 12.8 Å². The molecule has 0 fully saturated rings. The minimum atomic E-state index is -1.46. The molecule has 106 valence electrons. The predicted molar refractivity (Wildman–Crippen MR) is 65.8 cm³/mol. The lowest BCUT2D eigenvalue weighted by Crippen LogP contribution is -2.24. The Balaban J connectivity index is 2.77. The zero-order valence-corrected chi connectivity index (χ0v) is 10.2. The molecular weight excluding hydrogens is 271 g/mol. The van der Waals surface area contributed by atoms with Gasteiger partial charge in [0.15, 0.2) is 0 Å². The number of carboxylic acids is 2. The van der Waals surface area contributed by atoms with Gasteiger partial charge in [-0.25, -0.2) is 14.6 Å². The van der Waals surface area contributed by atoms with Crippen molar-refractivity contribution in [1.82, 2.24) is 5.43 Å². The van der Waals surface area contributed by atoms with E-state index in [4.69, 9.17) is 10.2 Å². The molecule has 1 amide bonds. The van der Waals surface area contributed by atoms with Crippen LogP contribution < -0.4 is 5.43 Å². The number of carboxylic acid groups (broad SMARTS) is 2. The first-order valence-electron chi connectivity index (χ1n) is 5.48. The van der Waals surface area contributed by atoms with E-state index in [-0.39, 0.29) is 12.0 Å². The minimum absolute atomic E-state index is 0.292. The summed E-state index contributed by atoms with van der Waals surface area (Å²) < 4.78 is 13.3. The first-order valence-corrected chi connectivity index (χ1v) is 5.48. The highest BCUT2D eigenvalue weighted by Gasteiger charge is 2.14. The number of aliphatic carboxylic acids is 2. The number of nitrogens with one attached hydrogen (secondary N) is 1. The molecule has 0 radical (unpaired) electrons. The number of amides is 1. The summed E-state index contributed by atoms with van der Waals surface area (Å²) in [5.74, 6) is -4.35. The molecular formula is C12H11FN2O5. The Labute approximate surface area is 112 Å². The van der Waals surface area contributed by atoms with E-state index >= 15 is 0 Å². The van der Waals surface area contributed by atoms with Crippen LogP contribution in [-0.4, -0.2) is 33.8 Å². The van der Waals surface area contributed by atoms with Gasteiger partial charge in [0.25, 0.3) is 5.91 Å². The zero-order valence-electron chi connectivity index (χ0n) is 10.2. The third-order valence-electron chi connectivity index (χ3n) is 2.23. The van der Waals surface area contributed by atoms with Gasteiger partial charge in [-0.05, 0) is 12.1 Å². The maximum absolute atomic E-state index is 13.3. The van der Waals surface area contributed by atoms with Gasteiger partial charge in [0.1, 0.15) is 11.5 Å². The Hall–Kier alpha value is -2.77. The third kappa shape index (κ3) is 4.48. The molecule has 3 N–H and O–H groups in total. The van der Waals surface area contributed by atoms with Crippen LogP contribution in [0.3, 0.4) is 0 Å². The lowest BCUT2D eigenvalue weighted by Gasteiger charge is -2.03. The SMILES string of the molecule is O=C(O)CCC(=NNC(=O)c1ccccc1F)C(=O)O. The molecule has 7 nitrogen and oxygen atoms in total. The number of halogens is 1. The Morgan fingerprint density at radius 1 is 1.15 bits per heavy atom. The number of carbonyl (C=O) groups is 3. The molecule has 0 spiro atoms. The average molecular weight is 282 g/mol. The molecule has 1 rings (SSSR count). The van der Waals surface area contributed by atoms with Crippen molar-refractivity contribution in [3.63, 3.8) is 0 Å². The normalized spacial score (nSPS) is 10.9. The number of nitrogens with zero attached hydrogens (tertiary/aromatic N) is 1. The fourth-order valence-electron chi connectivity index (χ4n) is 1.26. The fraction of sp³-hybridized carbons (Fsp3) is 0.167. The average Bonchev–Trinajstić information content (AvgIpc) is 2.38. The van der Waals surface area contributed by atoms with Crippen LogP contribution in [0, 0.1) is 5.82 Å². The number of hydrogen-bond donors (Lipinski definition) is 3. The lowest BCUT2D eigenvalue weighted by atomic mass is 10.2. The van der Waals surface area contributed by atoms with Gasteiger partial charge in [-0.15, -0.1) is 0 Å². The summed E-state index contributed by atoms with van der Waals surface area (Å²) in [4.78, 5) is 32.7. The second-order valence-corrected chi connectivity index (χ2v) is 3.68. The summed E-state index contributed by atoms with van der Waals surface area (Å²) in [6.45, 7) is 0. The van der Waals surface area contributed by atoms with Crippen molar-refractivity contribution >= 4 is 23.6 Å². The largest absolute Gasteiger partial charge is 0.481 e. The summed E-state index contributed by atoms with van der Waals surface area (Å²) in [7, 11) is 0. The van der Waals surface area contributed by atoms with Crippen LogP contribution in [0.15, 0.2) is 29.4 Å². The van der Waals surface area contributed by atoms with E-state index in [2.05, 4.69) is 5.10 Å². The Kier molecular flexibility index (Phi) is 5.33. The van der Waals surface area contributed by atoms with E-state index < -0.39 is 35.8 Å². The second-order valence-electron chi connectivity index (χ2n) is 3.68. The van der Waals surface area contributed by atoms with Crippen LogP contribution in [0.25, 0.3) is 0 Å². The molecule has 1 aromatic rings. The van der Waals surface area contributed by atoms with Gasteiger partial charge in [-0.1, -0.05) is 12.1 Å². The first-order chi connectivity index (χ1) is 9.41. The minimum Gasteiger partial charge on any atom is -0.481 e. The Morgan fingerprint density at radius 2 is 1.80 bits per heavy atom. The molecule has 8 heteroatoms. The van der Waals surface area contributed by atoms with Gasteiger partial charge in [0.05, 0.1) is 12.0 Å². The van der Waals surface area contributed by atoms with Gasteiger partial charge in [-0.2, -0.15) is 5.10 Å². The highest BCUT2D eigenvalue weighted by Crippen LogP contribution is 2.05. The van der Waals surface area contributed by atoms with E-state index in [1.807, 2.05) is 5.43 Å². The van der Waals surface area contributed by atoms with Crippen LogP contribution in [-0.2, 0) is 9.59 Å². The molecule has 0 saturated heterocycles. The number of carbonyl (C=O) groups excluding carboxylic acids is 1. The molecule has 1 aromatic carbocycles. The maximum Gasteiger partial charge on any atom is 0.352 e. The van der Waals surface area contributed by atoms with Crippen molar-refractivity contribution in [1.29, 1.82) is 0 Å². The molecule has 0 aliphatic heterocycles. The van der Waals surface area contributed by atoms with Crippen LogP contribution in [0.4, 0.5) is 4.39 Å². The van der Waals surface area contributed by atoms with Crippen molar-refractivity contribution in [3.05, 3.63) is 35.6 Å². The predicted octanol–water partition coefficient (Wildman–Crippen LogP) is 0.861. The topological polar surface area (TPSA) is 116 Å². The van der Waals surface area contributed by atoms with Gasteiger partial charge in [-0.3, -0.25) is 9.59 Å². The monoisotopic (exact) mass is 282 g/mol. The van der Waals surface area contributed by atoms with Gasteiger partial charge in [0, 0.05) is 6.42 Å². The van der Waals surface area contributed by atoms with Crippen LogP contribution in [0.5, 0.6) is 0 Å². The van der Waals surface area contributed by atoms with Crippen molar-refractivity contribution in [2.75, 3.05) is 0 Å². The Morgan fingerprint density at radius 3 is 2.35 bits per heavy atom. The molecule has 0 aromatic heterocycles. The van der Waals surface area contributed by atoms with Gasteiger partial charge >= 0.3 is 11.9 Å². The smallest absolute Gasteiger partial charge is 0.352 e. The highest BCUT2D eigenvalue weighted by atomic mass is 19.1. The molecule has 0 unspecified atom stereocenters. The molecule has 0 bridgehead atoms. The Bertz CT molecular complexity index is 571. The molecule has 0 atom stereocenters. The quantitative estimate of drug-likeness (QED) is 0.528. The van der Waals surface area contributed by atoms with E-state index in [0.717, 1.165) is 6.07 Å². The van der Waals surface area contributed by atoms with Crippen LogP contribution in [0.2, 0.25) is 0 Å². The van der Waals surface area contributed by atoms with Crippen LogP contribution >= 0.6 is 0 Å². The third-order valence-corrected chi connectivity index (χ3v) is 2.23. The fourth-order valence-corrected chi connectivity index (χ4v) is 1.26. The summed E-state index contributed by atoms with van der Waals surface area (Å²) in [5, 5.41) is 20.5. The summed E-state index contributed by atoms with van der Waals surface area (Å²) in [6.07, 6.45) is -0.803. The number of rotatable bonds is 6. The lowest BCUT2D eigenvalue weighted by molar-refractivity contribution is -0.136. The van der Waals surface area contributed by atoms with Gasteiger partial charge < -0.3 is 10.2 Å². The maximum atomic E-state index is 13.3. The molecule has 20 heavy (non-hydrogen) atoms. The molecule has 0 aliphatic rings. The van der Waals surface area contributed by atoms with E-state index in [0.29, 0.717) is 0 Å². The number of benzene rings is 1. The van der Waals surface area contributed by atoms with E-state index in [1.54, 1.807) is 0 Å². The standard InChI is InChI=1S/C12H11FN2O5/c13-8-4-2-1-3-7(8)11(18)15-14-9(12(19)20)5-6-10(16)17/h1-4H,5-6H2,(H,15,18)(H,16,17)(H,19,20). The van der Waals surface area contributed by atoms with Crippen molar-refractivity contribution in [3.8, 4) is 0 Å². The highest BCUT2D eigenvalue weighted by molar-refractivity contribution is 6.35. The molecule has 0 heterocycles. The zero-order chi connectivity index (χ0) is 15.1. The van der Waals surface area contributed by atoms with E-state index in [9.17, 15) is 18.8 Å². The first kappa shape index (κ1) is 15.3. The van der Waals surface area contributed by atoms with Crippen molar-refractivity contribution < 1.29 is 29.0 Å². The summed E-state index contributed by atoms with van der Waals surface area (Å²) in [6, 6.07) is 5.11.